The summed E-state index contributed by atoms with van der Waals surface area (Å²) >= 11 is 3.43. The molecule has 0 saturated heterocycles. The van der Waals surface area contributed by atoms with Gasteiger partial charge in [0.25, 0.3) is 0 Å². The van der Waals surface area contributed by atoms with Crippen molar-refractivity contribution in [2.24, 2.45) is 7.05 Å². The van der Waals surface area contributed by atoms with Crippen molar-refractivity contribution in [3.05, 3.63) is 34.7 Å². The van der Waals surface area contributed by atoms with Gasteiger partial charge in [0.05, 0.1) is 6.26 Å². The highest BCUT2D eigenvalue weighted by Crippen LogP contribution is 2.26. The molecule has 0 aromatic carbocycles. The van der Waals surface area contributed by atoms with Gasteiger partial charge < -0.3 is 9.73 Å². The first-order valence-electron chi connectivity index (χ1n) is 6.01. The van der Waals surface area contributed by atoms with Crippen LogP contribution in [0.15, 0.2) is 27.7 Å². The average molecular weight is 313 g/mol. The fraction of sp³-hybridized carbons (Fsp3) is 0.500. The van der Waals surface area contributed by atoms with E-state index in [-0.39, 0.29) is 6.04 Å². The Morgan fingerprint density at radius 1 is 1.56 bits per heavy atom. The topological polar surface area (TPSA) is 55.9 Å². The molecule has 5 nitrogen and oxygen atoms in total. The summed E-state index contributed by atoms with van der Waals surface area (Å²) in [4.78, 5) is 4.27. The Labute approximate surface area is 115 Å². The zero-order valence-corrected chi connectivity index (χ0v) is 12.1. The van der Waals surface area contributed by atoms with Crippen molar-refractivity contribution < 1.29 is 4.42 Å². The van der Waals surface area contributed by atoms with E-state index in [2.05, 4.69) is 38.3 Å². The van der Waals surface area contributed by atoms with Crippen molar-refractivity contribution in [2.45, 2.75) is 25.8 Å². The summed E-state index contributed by atoms with van der Waals surface area (Å²) in [5.74, 6) is 0.955. The van der Waals surface area contributed by atoms with Gasteiger partial charge >= 0.3 is 0 Å². The molecule has 2 rings (SSSR count). The fourth-order valence-electron chi connectivity index (χ4n) is 1.85. The van der Waals surface area contributed by atoms with Gasteiger partial charge in [-0.1, -0.05) is 6.92 Å². The van der Waals surface area contributed by atoms with Crippen LogP contribution in [0.4, 0.5) is 0 Å². The number of aryl methyl sites for hydroxylation is 1. The fourth-order valence-corrected chi connectivity index (χ4v) is 2.37. The molecule has 0 radical (unpaired) electrons. The lowest BCUT2D eigenvalue weighted by atomic mass is 10.1. The van der Waals surface area contributed by atoms with Gasteiger partial charge in [-0.2, -0.15) is 5.10 Å². The standard InChI is InChI=1S/C12H17BrN4O/c1-3-5-14-10(9-4-6-18-12(9)13)7-11-15-8-16-17(11)2/h4,6,8,10,14H,3,5,7H2,1-2H3. The normalized spacial score (nSPS) is 12.8. The van der Waals surface area contributed by atoms with E-state index in [1.807, 2.05) is 13.1 Å². The summed E-state index contributed by atoms with van der Waals surface area (Å²) in [6, 6.07) is 2.16. The Morgan fingerprint density at radius 3 is 2.94 bits per heavy atom. The van der Waals surface area contributed by atoms with Crippen LogP contribution in [-0.4, -0.2) is 21.3 Å². The monoisotopic (exact) mass is 312 g/mol. The SMILES string of the molecule is CCCNC(Cc1ncnn1C)c1ccoc1Br. The largest absolute Gasteiger partial charge is 0.457 e. The molecule has 0 amide bonds. The van der Waals surface area contributed by atoms with E-state index in [1.165, 1.54) is 0 Å². The van der Waals surface area contributed by atoms with Crippen molar-refractivity contribution >= 4 is 15.9 Å². The van der Waals surface area contributed by atoms with Gasteiger partial charge in [-0.3, -0.25) is 4.68 Å². The van der Waals surface area contributed by atoms with E-state index in [9.17, 15) is 0 Å². The predicted molar refractivity (Wildman–Crippen MR) is 72.1 cm³/mol. The van der Waals surface area contributed by atoms with Gasteiger partial charge in [-0.15, -0.1) is 0 Å². The minimum Gasteiger partial charge on any atom is -0.457 e. The van der Waals surface area contributed by atoms with Crippen molar-refractivity contribution in [3.63, 3.8) is 0 Å². The van der Waals surface area contributed by atoms with Gasteiger partial charge in [0, 0.05) is 25.1 Å². The minimum atomic E-state index is 0.181. The van der Waals surface area contributed by atoms with E-state index < -0.39 is 0 Å². The molecule has 1 atom stereocenters. The summed E-state index contributed by atoms with van der Waals surface area (Å²) in [7, 11) is 1.91. The first-order chi connectivity index (χ1) is 8.72. The zero-order valence-electron chi connectivity index (χ0n) is 10.6. The van der Waals surface area contributed by atoms with Crippen molar-refractivity contribution in [3.8, 4) is 0 Å². The smallest absolute Gasteiger partial charge is 0.173 e. The molecule has 0 saturated carbocycles. The third-order valence-corrected chi connectivity index (χ3v) is 3.50. The van der Waals surface area contributed by atoms with Crippen LogP contribution in [-0.2, 0) is 13.5 Å². The quantitative estimate of drug-likeness (QED) is 0.890. The Kier molecular flexibility index (Phi) is 4.54. The average Bonchev–Trinajstić information content (AvgIpc) is 2.94. The number of hydrogen-bond donors (Lipinski definition) is 1. The van der Waals surface area contributed by atoms with Crippen LogP contribution >= 0.6 is 15.9 Å². The number of aromatic nitrogens is 3. The van der Waals surface area contributed by atoms with Crippen LogP contribution < -0.4 is 5.32 Å². The number of nitrogens with zero attached hydrogens (tertiary/aromatic N) is 3. The van der Waals surface area contributed by atoms with E-state index in [0.29, 0.717) is 0 Å². The lowest BCUT2D eigenvalue weighted by Crippen LogP contribution is -2.25. The third-order valence-electron chi connectivity index (χ3n) is 2.85. The maximum Gasteiger partial charge on any atom is 0.173 e. The molecule has 18 heavy (non-hydrogen) atoms. The number of halogens is 1. The summed E-state index contributed by atoms with van der Waals surface area (Å²) in [5, 5.41) is 7.60. The molecule has 98 valence electrons. The zero-order chi connectivity index (χ0) is 13.0. The molecule has 1 unspecified atom stereocenters. The highest BCUT2D eigenvalue weighted by atomic mass is 79.9. The number of furan rings is 1. The first-order valence-corrected chi connectivity index (χ1v) is 6.80. The van der Waals surface area contributed by atoms with Crippen molar-refractivity contribution in [1.82, 2.24) is 20.1 Å². The van der Waals surface area contributed by atoms with Gasteiger partial charge in [0.15, 0.2) is 4.67 Å². The second kappa shape index (κ2) is 6.15. The van der Waals surface area contributed by atoms with Crippen molar-refractivity contribution in [2.75, 3.05) is 6.54 Å². The molecule has 0 aliphatic carbocycles. The minimum absolute atomic E-state index is 0.181. The summed E-state index contributed by atoms with van der Waals surface area (Å²) in [6.07, 6.45) is 5.15. The molecule has 0 aliphatic heterocycles. The Morgan fingerprint density at radius 2 is 2.39 bits per heavy atom. The van der Waals surface area contributed by atoms with Crippen LogP contribution in [0, 0.1) is 0 Å². The Balaban J connectivity index is 2.15. The van der Waals surface area contributed by atoms with Crippen LogP contribution in [0.5, 0.6) is 0 Å². The molecule has 2 aromatic rings. The highest BCUT2D eigenvalue weighted by molar-refractivity contribution is 9.10. The molecule has 2 aromatic heterocycles. The summed E-state index contributed by atoms with van der Waals surface area (Å²) in [5.41, 5.74) is 1.12. The van der Waals surface area contributed by atoms with Gasteiger partial charge in [-0.25, -0.2) is 4.98 Å². The molecule has 0 fully saturated rings. The highest BCUT2D eigenvalue weighted by Gasteiger charge is 2.18. The van der Waals surface area contributed by atoms with E-state index in [0.717, 1.165) is 35.4 Å². The molecule has 0 aliphatic rings. The number of hydrogen-bond acceptors (Lipinski definition) is 4. The van der Waals surface area contributed by atoms with Crippen molar-refractivity contribution in [1.29, 1.82) is 0 Å². The molecule has 0 bridgehead atoms. The van der Waals surface area contributed by atoms with Crippen LogP contribution in [0.1, 0.15) is 30.8 Å². The second-order valence-electron chi connectivity index (χ2n) is 4.16. The Bertz CT molecular complexity index is 494. The molecular formula is C12H17BrN4O. The van der Waals surface area contributed by atoms with Gasteiger partial charge in [0.1, 0.15) is 12.2 Å². The van der Waals surface area contributed by atoms with E-state index in [4.69, 9.17) is 4.42 Å². The first kappa shape index (κ1) is 13.3. The van der Waals surface area contributed by atoms with Crippen LogP contribution in [0.3, 0.4) is 0 Å². The molecule has 0 spiro atoms. The van der Waals surface area contributed by atoms with E-state index in [1.54, 1.807) is 17.3 Å². The van der Waals surface area contributed by atoms with Crippen LogP contribution in [0.2, 0.25) is 0 Å². The second-order valence-corrected chi connectivity index (χ2v) is 4.88. The maximum absolute atomic E-state index is 5.31. The molecule has 6 heteroatoms. The number of nitrogens with one attached hydrogen (secondary N) is 1. The lowest BCUT2D eigenvalue weighted by molar-refractivity contribution is 0.485. The van der Waals surface area contributed by atoms with Crippen LogP contribution in [0.25, 0.3) is 0 Å². The predicted octanol–water partition coefficient (Wildman–Crippen LogP) is 2.45. The summed E-state index contributed by atoms with van der Waals surface area (Å²) < 4.78 is 7.89. The Hall–Kier alpha value is -1.14. The molecular weight excluding hydrogens is 296 g/mol. The molecule has 2 heterocycles. The van der Waals surface area contributed by atoms with Gasteiger partial charge in [-0.05, 0) is 35.0 Å². The third kappa shape index (κ3) is 3.00. The molecule has 1 N–H and O–H groups in total. The summed E-state index contributed by atoms with van der Waals surface area (Å²) in [6.45, 7) is 3.11. The van der Waals surface area contributed by atoms with Gasteiger partial charge in [0.2, 0.25) is 0 Å². The maximum atomic E-state index is 5.31. The lowest BCUT2D eigenvalue weighted by Gasteiger charge is -2.17. The van der Waals surface area contributed by atoms with E-state index >= 15 is 0 Å². The number of rotatable bonds is 6.